The van der Waals surface area contributed by atoms with Crippen molar-refractivity contribution in [1.82, 2.24) is 10.2 Å². The molecule has 0 atom stereocenters. The lowest BCUT2D eigenvalue weighted by atomic mass is 10.2. The minimum Gasteiger partial charge on any atom is -0.356 e. The topological polar surface area (TPSA) is 32.3 Å². The summed E-state index contributed by atoms with van der Waals surface area (Å²) >= 11 is 0. The Labute approximate surface area is 87.9 Å². The van der Waals surface area contributed by atoms with Gasteiger partial charge in [0.2, 0.25) is 5.91 Å². The van der Waals surface area contributed by atoms with Crippen molar-refractivity contribution < 1.29 is 4.79 Å². The smallest absolute Gasteiger partial charge is 0.216 e. The number of carbonyl (C=O) groups is 1. The molecule has 1 saturated heterocycles. The quantitative estimate of drug-likeness (QED) is 0.732. The average molecular weight is 200 g/mol. The third kappa shape index (κ3) is 9.52. The fourth-order valence-corrected chi connectivity index (χ4v) is 1.22. The van der Waals surface area contributed by atoms with Gasteiger partial charge in [0.05, 0.1) is 0 Å². The van der Waals surface area contributed by atoms with Gasteiger partial charge in [0.1, 0.15) is 0 Å². The first-order chi connectivity index (χ1) is 6.52. The van der Waals surface area contributed by atoms with E-state index in [1.54, 1.807) is 0 Å². The second-order valence-electron chi connectivity index (χ2n) is 4.34. The highest BCUT2D eigenvalue weighted by atomic mass is 16.1. The summed E-state index contributed by atoms with van der Waals surface area (Å²) in [6.07, 6.45) is 2.83. The van der Waals surface area contributed by atoms with Crippen LogP contribution in [0, 0.1) is 5.92 Å². The third-order valence-corrected chi connectivity index (χ3v) is 2.09. The summed E-state index contributed by atoms with van der Waals surface area (Å²) in [6.45, 7) is 9.09. The van der Waals surface area contributed by atoms with E-state index in [0.717, 1.165) is 6.54 Å². The molecule has 0 bridgehead atoms. The number of nitrogens with one attached hydrogen (secondary N) is 1. The second-order valence-corrected chi connectivity index (χ2v) is 4.34. The van der Waals surface area contributed by atoms with Crippen LogP contribution in [0.4, 0.5) is 0 Å². The van der Waals surface area contributed by atoms with Crippen LogP contribution in [0.25, 0.3) is 0 Å². The summed E-state index contributed by atoms with van der Waals surface area (Å²) in [5.74, 6) is 0.609. The van der Waals surface area contributed by atoms with Gasteiger partial charge in [-0.3, -0.25) is 4.79 Å². The third-order valence-electron chi connectivity index (χ3n) is 2.09. The molecule has 0 aromatic heterocycles. The van der Waals surface area contributed by atoms with Crippen LogP contribution in [0.1, 0.15) is 33.6 Å². The van der Waals surface area contributed by atoms with Gasteiger partial charge in [-0.15, -0.1) is 0 Å². The predicted molar refractivity (Wildman–Crippen MR) is 60.3 cm³/mol. The largest absolute Gasteiger partial charge is 0.356 e. The van der Waals surface area contributed by atoms with E-state index in [-0.39, 0.29) is 5.91 Å². The van der Waals surface area contributed by atoms with Crippen molar-refractivity contribution in [1.29, 1.82) is 0 Å². The molecule has 1 amide bonds. The molecular formula is C11H24N2O. The Hall–Kier alpha value is -0.570. The zero-order chi connectivity index (χ0) is 11.0. The lowest BCUT2D eigenvalue weighted by Gasteiger charge is -2.02. The summed E-state index contributed by atoms with van der Waals surface area (Å²) in [5.41, 5.74) is 0. The van der Waals surface area contributed by atoms with Gasteiger partial charge >= 0.3 is 0 Å². The Morgan fingerprint density at radius 2 is 1.86 bits per heavy atom. The molecule has 1 fully saturated rings. The van der Waals surface area contributed by atoms with Gasteiger partial charge in [-0.1, -0.05) is 13.8 Å². The summed E-state index contributed by atoms with van der Waals surface area (Å²) in [7, 11) is 2.17. The fraction of sp³-hybridized carbons (Fsp3) is 0.909. The van der Waals surface area contributed by atoms with E-state index < -0.39 is 0 Å². The van der Waals surface area contributed by atoms with Crippen LogP contribution in [0.3, 0.4) is 0 Å². The molecule has 1 N–H and O–H groups in total. The maximum Gasteiger partial charge on any atom is 0.216 e. The molecule has 1 aliphatic rings. The molecule has 1 aliphatic heterocycles. The standard InChI is InChI=1S/C6H13NO.C5H11N/c1-5(2)4-7-6(3)8;1-6-4-2-3-5-6/h5H,4H2,1-3H3,(H,7,8);2-5H2,1H3. The first kappa shape index (κ1) is 13.4. The lowest BCUT2D eigenvalue weighted by molar-refractivity contribution is -0.119. The van der Waals surface area contributed by atoms with Crippen molar-refractivity contribution in [3.05, 3.63) is 0 Å². The van der Waals surface area contributed by atoms with Crippen LogP contribution in [0.15, 0.2) is 0 Å². The monoisotopic (exact) mass is 200 g/mol. The van der Waals surface area contributed by atoms with Crippen LogP contribution in [-0.4, -0.2) is 37.5 Å². The highest BCUT2D eigenvalue weighted by Gasteiger charge is 2.03. The molecule has 0 aliphatic carbocycles. The van der Waals surface area contributed by atoms with Gasteiger partial charge in [0.15, 0.2) is 0 Å². The minimum atomic E-state index is 0.0544. The average Bonchev–Trinajstić information content (AvgIpc) is 2.53. The van der Waals surface area contributed by atoms with Crippen molar-refractivity contribution in [3.8, 4) is 0 Å². The summed E-state index contributed by atoms with van der Waals surface area (Å²) < 4.78 is 0. The first-order valence-electron chi connectivity index (χ1n) is 5.45. The van der Waals surface area contributed by atoms with E-state index in [1.165, 1.54) is 32.9 Å². The Morgan fingerprint density at radius 3 is 2.00 bits per heavy atom. The first-order valence-corrected chi connectivity index (χ1v) is 5.45. The lowest BCUT2D eigenvalue weighted by Crippen LogP contribution is -2.24. The Morgan fingerprint density at radius 1 is 1.36 bits per heavy atom. The molecule has 14 heavy (non-hydrogen) atoms. The zero-order valence-electron chi connectivity index (χ0n) is 9.97. The molecule has 0 aromatic rings. The number of rotatable bonds is 2. The number of hydrogen-bond donors (Lipinski definition) is 1. The Bertz CT molecular complexity index is 151. The van der Waals surface area contributed by atoms with Crippen LogP contribution < -0.4 is 5.32 Å². The van der Waals surface area contributed by atoms with Crippen LogP contribution in [0.5, 0.6) is 0 Å². The molecule has 3 heteroatoms. The van der Waals surface area contributed by atoms with E-state index >= 15 is 0 Å². The highest BCUT2D eigenvalue weighted by molar-refractivity contribution is 5.72. The van der Waals surface area contributed by atoms with Crippen molar-refractivity contribution in [2.24, 2.45) is 5.92 Å². The molecule has 1 rings (SSSR count). The van der Waals surface area contributed by atoms with Crippen molar-refractivity contribution in [2.45, 2.75) is 33.6 Å². The molecule has 0 aromatic carbocycles. The predicted octanol–water partition coefficient (Wildman–Crippen LogP) is 1.49. The van der Waals surface area contributed by atoms with Crippen LogP contribution >= 0.6 is 0 Å². The Balaban J connectivity index is 0.000000249. The van der Waals surface area contributed by atoms with Crippen molar-refractivity contribution >= 4 is 5.91 Å². The number of carbonyl (C=O) groups excluding carboxylic acids is 1. The van der Waals surface area contributed by atoms with E-state index in [4.69, 9.17) is 0 Å². The van der Waals surface area contributed by atoms with Gasteiger partial charge in [-0.2, -0.15) is 0 Å². The van der Waals surface area contributed by atoms with E-state index in [9.17, 15) is 4.79 Å². The number of likely N-dealkylation sites (tertiary alicyclic amines) is 1. The molecule has 0 radical (unpaired) electrons. The maximum atomic E-state index is 10.2. The molecule has 84 valence electrons. The fourth-order valence-electron chi connectivity index (χ4n) is 1.22. The van der Waals surface area contributed by atoms with Crippen molar-refractivity contribution in [3.63, 3.8) is 0 Å². The normalized spacial score (nSPS) is 16.4. The van der Waals surface area contributed by atoms with Gasteiger partial charge in [-0.05, 0) is 38.9 Å². The molecule has 0 saturated carbocycles. The number of amides is 1. The summed E-state index contributed by atoms with van der Waals surface area (Å²) in [5, 5.41) is 2.71. The summed E-state index contributed by atoms with van der Waals surface area (Å²) in [6, 6.07) is 0. The molecule has 0 spiro atoms. The highest BCUT2D eigenvalue weighted by Crippen LogP contribution is 2.02. The second kappa shape index (κ2) is 7.80. The van der Waals surface area contributed by atoms with Crippen LogP contribution in [0.2, 0.25) is 0 Å². The maximum absolute atomic E-state index is 10.2. The SMILES string of the molecule is CC(=O)NCC(C)C.CN1CCCC1. The van der Waals surface area contributed by atoms with Gasteiger partial charge in [0.25, 0.3) is 0 Å². The molecule has 3 nitrogen and oxygen atoms in total. The zero-order valence-corrected chi connectivity index (χ0v) is 9.97. The van der Waals surface area contributed by atoms with Crippen molar-refractivity contribution in [2.75, 3.05) is 26.7 Å². The van der Waals surface area contributed by atoms with E-state index in [0.29, 0.717) is 5.92 Å². The van der Waals surface area contributed by atoms with Gasteiger partial charge in [0, 0.05) is 13.5 Å². The molecular weight excluding hydrogens is 176 g/mol. The van der Waals surface area contributed by atoms with Crippen LogP contribution in [-0.2, 0) is 4.79 Å². The van der Waals surface area contributed by atoms with Gasteiger partial charge in [-0.25, -0.2) is 0 Å². The molecule has 0 unspecified atom stereocenters. The molecule has 1 heterocycles. The van der Waals surface area contributed by atoms with Gasteiger partial charge < -0.3 is 10.2 Å². The summed E-state index contributed by atoms with van der Waals surface area (Å²) in [4.78, 5) is 12.6. The minimum absolute atomic E-state index is 0.0544. The Kier molecular flexibility index (Phi) is 7.48. The number of hydrogen-bond acceptors (Lipinski definition) is 2. The van der Waals surface area contributed by atoms with E-state index in [2.05, 4.69) is 31.1 Å². The number of nitrogens with zero attached hydrogens (tertiary/aromatic N) is 1. The van der Waals surface area contributed by atoms with E-state index in [1.807, 2.05) is 0 Å².